The Bertz CT molecular complexity index is 919. The molecule has 1 fully saturated rings. The lowest BCUT2D eigenvalue weighted by atomic mass is 9.97. The van der Waals surface area contributed by atoms with Crippen molar-refractivity contribution in [2.75, 3.05) is 24.7 Å². The molecule has 1 heterocycles. The number of rotatable bonds is 6. The zero-order valence-corrected chi connectivity index (χ0v) is 17.9. The Morgan fingerprint density at radius 3 is 2.36 bits per heavy atom. The van der Waals surface area contributed by atoms with Crippen molar-refractivity contribution in [2.45, 2.75) is 36.0 Å². The number of nitrogens with zero attached hydrogens (tertiary/aromatic N) is 1. The van der Waals surface area contributed by atoms with Crippen LogP contribution in [0.1, 0.15) is 25.3 Å². The third-order valence-corrected chi connectivity index (χ3v) is 7.83. The van der Waals surface area contributed by atoms with Crippen molar-refractivity contribution >= 4 is 33.4 Å². The summed E-state index contributed by atoms with van der Waals surface area (Å²) in [5, 5.41) is 3.02. The quantitative estimate of drug-likeness (QED) is 0.720. The third-order valence-electron chi connectivity index (χ3n) is 5.18. The van der Waals surface area contributed by atoms with Gasteiger partial charge < -0.3 is 5.32 Å². The first kappa shape index (κ1) is 20.9. The SMILES string of the molecule is CCc1ccccc1NC(=O)C1CCN(S(=O)(=O)c2ccc(SC)cc2)CC1. The molecule has 3 rings (SSSR count). The summed E-state index contributed by atoms with van der Waals surface area (Å²) in [5.41, 5.74) is 1.95. The summed E-state index contributed by atoms with van der Waals surface area (Å²) in [5.74, 6) is -0.197. The molecule has 28 heavy (non-hydrogen) atoms. The summed E-state index contributed by atoms with van der Waals surface area (Å²) in [6.45, 7) is 2.78. The van der Waals surface area contributed by atoms with Crippen LogP contribution >= 0.6 is 11.8 Å². The molecule has 0 bridgehead atoms. The van der Waals surface area contributed by atoms with Crippen molar-refractivity contribution in [3.63, 3.8) is 0 Å². The van der Waals surface area contributed by atoms with Gasteiger partial charge in [-0.1, -0.05) is 25.1 Å². The normalized spacial score (nSPS) is 16.1. The number of aryl methyl sites for hydroxylation is 1. The fourth-order valence-electron chi connectivity index (χ4n) is 3.44. The van der Waals surface area contributed by atoms with Crippen molar-refractivity contribution in [1.29, 1.82) is 0 Å². The van der Waals surface area contributed by atoms with E-state index < -0.39 is 10.0 Å². The lowest BCUT2D eigenvalue weighted by Gasteiger charge is -2.30. The summed E-state index contributed by atoms with van der Waals surface area (Å²) < 4.78 is 27.2. The number of carbonyl (C=O) groups excluding carboxylic acids is 1. The highest BCUT2D eigenvalue weighted by Crippen LogP contribution is 2.26. The highest BCUT2D eigenvalue weighted by molar-refractivity contribution is 7.98. The average Bonchev–Trinajstić information content (AvgIpc) is 2.74. The van der Waals surface area contributed by atoms with E-state index in [1.54, 1.807) is 23.9 Å². The number of thioether (sulfide) groups is 1. The van der Waals surface area contributed by atoms with Gasteiger partial charge in [0.25, 0.3) is 0 Å². The second kappa shape index (κ2) is 9.11. The monoisotopic (exact) mass is 418 g/mol. The van der Waals surface area contributed by atoms with Crippen molar-refractivity contribution < 1.29 is 13.2 Å². The summed E-state index contributed by atoms with van der Waals surface area (Å²) in [4.78, 5) is 14.0. The minimum atomic E-state index is -3.51. The molecule has 0 radical (unpaired) electrons. The molecule has 1 aliphatic rings. The highest BCUT2D eigenvalue weighted by Gasteiger charge is 2.32. The van der Waals surface area contributed by atoms with E-state index >= 15 is 0 Å². The van der Waals surface area contributed by atoms with Gasteiger partial charge in [-0.25, -0.2) is 8.42 Å². The van der Waals surface area contributed by atoms with E-state index in [0.29, 0.717) is 30.8 Å². The van der Waals surface area contributed by atoms with Crippen LogP contribution in [-0.4, -0.2) is 38.0 Å². The van der Waals surface area contributed by atoms with E-state index in [4.69, 9.17) is 0 Å². The molecule has 5 nitrogen and oxygen atoms in total. The maximum atomic E-state index is 12.9. The van der Waals surface area contributed by atoms with E-state index in [-0.39, 0.29) is 11.8 Å². The maximum absolute atomic E-state index is 12.9. The van der Waals surface area contributed by atoms with Gasteiger partial charge in [-0.05, 0) is 61.4 Å². The minimum absolute atomic E-state index is 0.0257. The predicted molar refractivity (Wildman–Crippen MR) is 114 cm³/mol. The largest absolute Gasteiger partial charge is 0.326 e. The Kier molecular flexibility index (Phi) is 6.80. The molecule has 1 aliphatic heterocycles. The smallest absolute Gasteiger partial charge is 0.243 e. The number of amides is 1. The number of carbonyl (C=O) groups is 1. The lowest BCUT2D eigenvalue weighted by Crippen LogP contribution is -2.41. The molecule has 0 unspecified atom stereocenters. The fraction of sp³-hybridized carbons (Fsp3) is 0.381. The average molecular weight is 419 g/mol. The molecule has 1 saturated heterocycles. The number of sulfonamides is 1. The van der Waals surface area contributed by atoms with Crippen LogP contribution in [0.25, 0.3) is 0 Å². The fourth-order valence-corrected chi connectivity index (χ4v) is 5.32. The molecule has 0 atom stereocenters. The van der Waals surface area contributed by atoms with Gasteiger partial charge in [-0.3, -0.25) is 4.79 Å². The van der Waals surface area contributed by atoms with E-state index in [1.165, 1.54) is 4.31 Å². The van der Waals surface area contributed by atoms with Crippen LogP contribution in [0.15, 0.2) is 58.3 Å². The predicted octanol–water partition coefficient (Wildman–Crippen LogP) is 4.01. The molecule has 2 aromatic carbocycles. The van der Waals surface area contributed by atoms with Gasteiger partial charge in [0, 0.05) is 29.6 Å². The maximum Gasteiger partial charge on any atom is 0.243 e. The Balaban J connectivity index is 1.62. The zero-order chi connectivity index (χ0) is 20.1. The number of para-hydroxylation sites is 1. The van der Waals surface area contributed by atoms with Crippen molar-refractivity contribution in [1.82, 2.24) is 4.31 Å². The van der Waals surface area contributed by atoms with Crippen LogP contribution in [0.2, 0.25) is 0 Å². The number of hydrogen-bond acceptors (Lipinski definition) is 4. The van der Waals surface area contributed by atoms with Crippen LogP contribution in [0, 0.1) is 5.92 Å². The molecular formula is C21H26N2O3S2. The number of benzene rings is 2. The minimum Gasteiger partial charge on any atom is -0.326 e. The Hall–Kier alpha value is -1.83. The van der Waals surface area contributed by atoms with Gasteiger partial charge in [0.15, 0.2) is 0 Å². The van der Waals surface area contributed by atoms with Crippen LogP contribution in [0.4, 0.5) is 5.69 Å². The van der Waals surface area contributed by atoms with E-state index in [9.17, 15) is 13.2 Å². The molecule has 0 aliphatic carbocycles. The number of hydrogen-bond donors (Lipinski definition) is 1. The van der Waals surface area contributed by atoms with Crippen LogP contribution < -0.4 is 5.32 Å². The summed E-state index contributed by atoms with van der Waals surface area (Å²) in [7, 11) is -3.51. The van der Waals surface area contributed by atoms with Crippen molar-refractivity contribution in [3.8, 4) is 0 Å². The van der Waals surface area contributed by atoms with Gasteiger partial charge in [-0.15, -0.1) is 11.8 Å². The Morgan fingerprint density at radius 2 is 1.75 bits per heavy atom. The number of anilines is 1. The summed E-state index contributed by atoms with van der Waals surface area (Å²) in [6.07, 6.45) is 3.87. The summed E-state index contributed by atoms with van der Waals surface area (Å²) >= 11 is 1.58. The Morgan fingerprint density at radius 1 is 1.11 bits per heavy atom. The van der Waals surface area contributed by atoms with Crippen LogP contribution in [0.3, 0.4) is 0 Å². The first-order valence-corrected chi connectivity index (χ1v) is 12.1. The van der Waals surface area contributed by atoms with Gasteiger partial charge >= 0.3 is 0 Å². The number of piperidine rings is 1. The van der Waals surface area contributed by atoms with Crippen molar-refractivity contribution in [3.05, 3.63) is 54.1 Å². The topological polar surface area (TPSA) is 66.5 Å². The van der Waals surface area contributed by atoms with Gasteiger partial charge in [-0.2, -0.15) is 4.31 Å². The first-order valence-electron chi connectivity index (χ1n) is 9.48. The third kappa shape index (κ3) is 4.59. The molecule has 150 valence electrons. The van der Waals surface area contributed by atoms with Gasteiger partial charge in [0.05, 0.1) is 4.90 Å². The van der Waals surface area contributed by atoms with E-state index in [0.717, 1.165) is 22.6 Å². The molecule has 0 aromatic heterocycles. The molecule has 1 amide bonds. The molecule has 1 N–H and O–H groups in total. The molecule has 2 aromatic rings. The second-order valence-electron chi connectivity index (χ2n) is 6.85. The van der Waals surface area contributed by atoms with Crippen molar-refractivity contribution in [2.24, 2.45) is 5.92 Å². The first-order chi connectivity index (χ1) is 13.5. The van der Waals surface area contributed by atoms with Gasteiger partial charge in [0.2, 0.25) is 15.9 Å². The summed E-state index contributed by atoms with van der Waals surface area (Å²) in [6, 6.07) is 14.7. The highest BCUT2D eigenvalue weighted by atomic mass is 32.2. The molecular weight excluding hydrogens is 392 g/mol. The molecule has 0 saturated carbocycles. The Labute approximate surface area is 171 Å². The number of nitrogens with one attached hydrogen (secondary N) is 1. The molecule has 7 heteroatoms. The van der Waals surface area contributed by atoms with E-state index in [2.05, 4.69) is 12.2 Å². The zero-order valence-electron chi connectivity index (χ0n) is 16.2. The molecule has 0 spiro atoms. The van der Waals surface area contributed by atoms with Gasteiger partial charge in [0.1, 0.15) is 0 Å². The van der Waals surface area contributed by atoms with E-state index in [1.807, 2.05) is 42.7 Å². The second-order valence-corrected chi connectivity index (χ2v) is 9.67. The van der Waals surface area contributed by atoms with Crippen LogP contribution in [0.5, 0.6) is 0 Å². The lowest BCUT2D eigenvalue weighted by molar-refractivity contribution is -0.120. The van der Waals surface area contributed by atoms with Crippen LogP contribution in [-0.2, 0) is 21.2 Å². The standard InChI is InChI=1S/C21H26N2O3S2/c1-3-16-6-4-5-7-20(16)22-21(24)17-12-14-23(15-13-17)28(25,26)19-10-8-18(27-2)9-11-19/h4-11,17H,3,12-15H2,1-2H3,(H,22,24).